The molecule has 1 amide bonds. The number of rotatable bonds is 4. The van der Waals surface area contributed by atoms with Crippen molar-refractivity contribution in [2.24, 2.45) is 0 Å². The molecule has 0 spiro atoms. The lowest BCUT2D eigenvalue weighted by molar-refractivity contribution is 0.0988. The number of carbonyl (C=O) groups excluding carboxylic acids is 1. The molecule has 0 aliphatic rings. The lowest BCUT2D eigenvalue weighted by Crippen LogP contribution is -2.27. The highest BCUT2D eigenvalue weighted by Gasteiger charge is 2.14. The van der Waals surface area contributed by atoms with E-state index in [9.17, 15) is 4.79 Å². The van der Waals surface area contributed by atoms with Crippen LogP contribution in [0.2, 0.25) is 0 Å². The van der Waals surface area contributed by atoms with Gasteiger partial charge in [0.05, 0.1) is 0 Å². The number of anilines is 2. The number of amides is 1. The van der Waals surface area contributed by atoms with Crippen LogP contribution < -0.4 is 10.2 Å². The third-order valence-electron chi connectivity index (χ3n) is 2.71. The van der Waals surface area contributed by atoms with E-state index in [4.69, 9.17) is 0 Å². The van der Waals surface area contributed by atoms with E-state index in [0.29, 0.717) is 5.69 Å². The average molecular weight is 256 g/mol. The van der Waals surface area contributed by atoms with Crippen molar-refractivity contribution in [1.82, 2.24) is 9.97 Å². The highest BCUT2D eigenvalue weighted by Crippen LogP contribution is 2.15. The number of hydrogen-bond acceptors (Lipinski definition) is 4. The molecular weight excluding hydrogens is 240 g/mol. The van der Waals surface area contributed by atoms with Crippen molar-refractivity contribution in [3.05, 3.63) is 48.5 Å². The topological polar surface area (TPSA) is 58.1 Å². The second-order valence-corrected chi connectivity index (χ2v) is 4.03. The standard InChI is InChI=1S/C14H16N4O/c1-3-16-11-4-9-17-13(10-11)14(19)18(2)12-5-7-15-8-6-12/h4-10H,3H2,1-2H3,(H,16,17). The molecule has 0 saturated heterocycles. The minimum Gasteiger partial charge on any atom is -0.385 e. The first-order chi connectivity index (χ1) is 9.22. The first kappa shape index (κ1) is 13.0. The molecule has 2 heterocycles. The molecule has 0 aromatic carbocycles. The van der Waals surface area contributed by atoms with Crippen molar-refractivity contribution < 1.29 is 4.79 Å². The Kier molecular flexibility index (Phi) is 4.07. The summed E-state index contributed by atoms with van der Waals surface area (Å²) in [4.78, 5) is 21.9. The Morgan fingerprint density at radius 1 is 1.26 bits per heavy atom. The first-order valence-electron chi connectivity index (χ1n) is 6.10. The summed E-state index contributed by atoms with van der Waals surface area (Å²) < 4.78 is 0. The van der Waals surface area contributed by atoms with Gasteiger partial charge < -0.3 is 10.2 Å². The van der Waals surface area contributed by atoms with E-state index >= 15 is 0 Å². The van der Waals surface area contributed by atoms with Gasteiger partial charge in [-0.15, -0.1) is 0 Å². The number of carbonyl (C=O) groups is 1. The van der Waals surface area contributed by atoms with Gasteiger partial charge in [-0.3, -0.25) is 14.8 Å². The van der Waals surface area contributed by atoms with Gasteiger partial charge in [-0.1, -0.05) is 0 Å². The quantitative estimate of drug-likeness (QED) is 0.911. The molecule has 0 aliphatic carbocycles. The summed E-state index contributed by atoms with van der Waals surface area (Å²) in [7, 11) is 1.72. The van der Waals surface area contributed by atoms with E-state index in [1.165, 1.54) is 0 Å². The van der Waals surface area contributed by atoms with Crippen LogP contribution >= 0.6 is 0 Å². The van der Waals surface area contributed by atoms with Crippen LogP contribution in [-0.4, -0.2) is 29.5 Å². The van der Waals surface area contributed by atoms with Crippen molar-refractivity contribution in [1.29, 1.82) is 0 Å². The Bertz CT molecular complexity index is 556. The van der Waals surface area contributed by atoms with E-state index in [2.05, 4.69) is 15.3 Å². The first-order valence-corrected chi connectivity index (χ1v) is 6.10. The van der Waals surface area contributed by atoms with Crippen molar-refractivity contribution in [2.75, 3.05) is 23.8 Å². The molecule has 2 aromatic rings. The van der Waals surface area contributed by atoms with Gasteiger partial charge >= 0.3 is 0 Å². The summed E-state index contributed by atoms with van der Waals surface area (Å²) in [5, 5.41) is 3.16. The summed E-state index contributed by atoms with van der Waals surface area (Å²) >= 11 is 0. The fraction of sp³-hybridized carbons (Fsp3) is 0.214. The maximum Gasteiger partial charge on any atom is 0.276 e. The summed E-state index contributed by atoms with van der Waals surface area (Å²) in [6.07, 6.45) is 4.94. The van der Waals surface area contributed by atoms with Gasteiger partial charge in [-0.05, 0) is 31.2 Å². The Hall–Kier alpha value is -2.43. The van der Waals surface area contributed by atoms with Gasteiger partial charge in [-0.25, -0.2) is 0 Å². The second kappa shape index (κ2) is 5.95. The van der Waals surface area contributed by atoms with Crippen molar-refractivity contribution in [2.45, 2.75) is 6.92 Å². The van der Waals surface area contributed by atoms with Crippen LogP contribution in [0.5, 0.6) is 0 Å². The number of nitrogens with one attached hydrogen (secondary N) is 1. The molecule has 0 fully saturated rings. The molecule has 0 radical (unpaired) electrons. The summed E-state index contributed by atoms with van der Waals surface area (Å²) in [6.45, 7) is 2.81. The van der Waals surface area contributed by atoms with Crippen LogP contribution in [0.15, 0.2) is 42.9 Å². The lowest BCUT2D eigenvalue weighted by atomic mass is 10.2. The molecule has 0 bridgehead atoms. The van der Waals surface area contributed by atoms with Gasteiger partial charge in [0.15, 0.2) is 0 Å². The predicted molar refractivity (Wildman–Crippen MR) is 75.4 cm³/mol. The average Bonchev–Trinajstić information content (AvgIpc) is 2.47. The molecule has 0 aliphatic heterocycles. The third kappa shape index (κ3) is 3.07. The number of pyridine rings is 2. The van der Waals surface area contributed by atoms with Gasteiger partial charge in [-0.2, -0.15) is 0 Å². The monoisotopic (exact) mass is 256 g/mol. The molecule has 98 valence electrons. The normalized spacial score (nSPS) is 10.0. The Balaban J connectivity index is 2.22. The fourth-order valence-corrected chi connectivity index (χ4v) is 1.72. The van der Waals surface area contributed by atoms with E-state index in [1.54, 1.807) is 48.7 Å². The summed E-state index contributed by atoms with van der Waals surface area (Å²) in [5.74, 6) is -0.147. The molecule has 0 saturated carbocycles. The third-order valence-corrected chi connectivity index (χ3v) is 2.71. The van der Waals surface area contributed by atoms with Crippen molar-refractivity contribution in [3.63, 3.8) is 0 Å². The van der Waals surface area contributed by atoms with Gasteiger partial charge in [0.2, 0.25) is 0 Å². The van der Waals surface area contributed by atoms with Crippen molar-refractivity contribution >= 4 is 17.3 Å². The molecule has 1 N–H and O–H groups in total. The van der Waals surface area contributed by atoms with Crippen LogP contribution in [0.25, 0.3) is 0 Å². The van der Waals surface area contributed by atoms with E-state index in [-0.39, 0.29) is 5.91 Å². The zero-order valence-corrected chi connectivity index (χ0v) is 11.0. The number of hydrogen-bond donors (Lipinski definition) is 1. The molecule has 0 unspecified atom stereocenters. The summed E-state index contributed by atoms with van der Waals surface area (Å²) in [5.41, 5.74) is 2.09. The largest absolute Gasteiger partial charge is 0.385 e. The van der Waals surface area contributed by atoms with Crippen LogP contribution in [0, 0.1) is 0 Å². The van der Waals surface area contributed by atoms with E-state index in [0.717, 1.165) is 17.9 Å². The Morgan fingerprint density at radius 2 is 2.00 bits per heavy atom. The highest BCUT2D eigenvalue weighted by atomic mass is 16.2. The second-order valence-electron chi connectivity index (χ2n) is 4.03. The maximum atomic E-state index is 12.3. The van der Waals surface area contributed by atoms with E-state index in [1.807, 2.05) is 13.0 Å². The van der Waals surface area contributed by atoms with Crippen molar-refractivity contribution in [3.8, 4) is 0 Å². The zero-order chi connectivity index (χ0) is 13.7. The van der Waals surface area contributed by atoms with Crippen LogP contribution in [0.3, 0.4) is 0 Å². The molecule has 2 rings (SSSR count). The molecular formula is C14H16N4O. The molecule has 2 aromatic heterocycles. The van der Waals surface area contributed by atoms with Crippen LogP contribution in [0.1, 0.15) is 17.4 Å². The Labute approximate surface area is 112 Å². The maximum absolute atomic E-state index is 12.3. The van der Waals surface area contributed by atoms with Gasteiger partial charge in [0.1, 0.15) is 5.69 Å². The number of nitrogens with zero attached hydrogens (tertiary/aromatic N) is 3. The smallest absolute Gasteiger partial charge is 0.276 e. The lowest BCUT2D eigenvalue weighted by Gasteiger charge is -2.16. The number of aromatic nitrogens is 2. The van der Waals surface area contributed by atoms with Crippen LogP contribution in [-0.2, 0) is 0 Å². The molecule has 5 heteroatoms. The highest BCUT2D eigenvalue weighted by molar-refractivity contribution is 6.04. The molecule has 0 atom stereocenters. The Morgan fingerprint density at radius 3 is 2.68 bits per heavy atom. The summed E-state index contributed by atoms with van der Waals surface area (Å²) in [6, 6.07) is 7.16. The van der Waals surface area contributed by atoms with Gasteiger partial charge in [0, 0.05) is 43.6 Å². The fourth-order valence-electron chi connectivity index (χ4n) is 1.72. The SMILES string of the molecule is CCNc1ccnc(C(=O)N(C)c2ccncc2)c1. The molecule has 19 heavy (non-hydrogen) atoms. The minimum absolute atomic E-state index is 0.147. The predicted octanol–water partition coefficient (Wildman–Crippen LogP) is 2.18. The van der Waals surface area contributed by atoms with Gasteiger partial charge in [0.25, 0.3) is 5.91 Å². The minimum atomic E-state index is -0.147. The zero-order valence-electron chi connectivity index (χ0n) is 11.0. The molecule has 5 nitrogen and oxygen atoms in total. The van der Waals surface area contributed by atoms with Crippen LogP contribution in [0.4, 0.5) is 11.4 Å². The van der Waals surface area contributed by atoms with E-state index < -0.39 is 0 Å².